The summed E-state index contributed by atoms with van der Waals surface area (Å²) in [7, 11) is 1.71. The average Bonchev–Trinajstić information content (AvgIpc) is 3.42. The first-order chi connectivity index (χ1) is 18.6. The summed E-state index contributed by atoms with van der Waals surface area (Å²) >= 11 is 0. The second-order valence-corrected chi connectivity index (χ2v) is 9.41. The highest BCUT2D eigenvalue weighted by molar-refractivity contribution is 5.69. The maximum Gasteiger partial charge on any atom is 0.305 e. The maximum absolute atomic E-state index is 11.6. The summed E-state index contributed by atoms with van der Waals surface area (Å²) < 4.78 is 12.3. The summed E-state index contributed by atoms with van der Waals surface area (Å²) in [6.45, 7) is 11.7. The van der Waals surface area contributed by atoms with Crippen molar-refractivity contribution in [1.29, 1.82) is 0 Å². The Kier molecular flexibility index (Phi) is 10.0. The average molecular weight is 519 g/mol. The number of aryl methyl sites for hydroxylation is 1. The van der Waals surface area contributed by atoms with Crippen molar-refractivity contribution in [1.82, 2.24) is 30.0 Å². The van der Waals surface area contributed by atoms with Gasteiger partial charge in [0.05, 0.1) is 19.8 Å². The second kappa shape index (κ2) is 13.8. The minimum Gasteiger partial charge on any atom is -0.497 e. The first-order valence-corrected chi connectivity index (χ1v) is 13.4. The number of ether oxygens (including phenoxy) is 2. The first kappa shape index (κ1) is 27.5. The van der Waals surface area contributed by atoms with Gasteiger partial charge in [0.2, 0.25) is 0 Å². The molecule has 2 heterocycles. The van der Waals surface area contributed by atoms with E-state index < -0.39 is 0 Å². The van der Waals surface area contributed by atoms with E-state index in [1.807, 2.05) is 19.1 Å². The number of tetrazole rings is 1. The summed E-state index contributed by atoms with van der Waals surface area (Å²) in [5, 5.41) is 12.3. The smallest absolute Gasteiger partial charge is 0.305 e. The number of piperazine rings is 1. The Morgan fingerprint density at radius 2 is 1.87 bits per heavy atom. The van der Waals surface area contributed by atoms with Crippen LogP contribution >= 0.6 is 0 Å². The van der Waals surface area contributed by atoms with E-state index in [0.717, 1.165) is 62.7 Å². The van der Waals surface area contributed by atoms with E-state index in [1.54, 1.807) is 11.8 Å². The fraction of sp³-hybridized carbons (Fsp3) is 0.448. The molecular weight excluding hydrogens is 480 g/mol. The lowest BCUT2D eigenvalue weighted by Gasteiger charge is -2.39. The van der Waals surface area contributed by atoms with E-state index in [-0.39, 0.29) is 12.0 Å². The molecule has 1 aliphatic heterocycles. The Bertz CT molecular complexity index is 1170. The molecule has 3 aromatic rings. The van der Waals surface area contributed by atoms with Gasteiger partial charge in [-0.1, -0.05) is 42.5 Å². The first-order valence-electron chi connectivity index (χ1n) is 13.4. The number of unbranched alkanes of at least 4 members (excludes halogenated alkanes) is 1. The quantitative estimate of drug-likeness (QED) is 0.191. The van der Waals surface area contributed by atoms with Crippen LogP contribution < -0.4 is 4.74 Å². The third kappa shape index (κ3) is 7.05. The monoisotopic (exact) mass is 518 g/mol. The van der Waals surface area contributed by atoms with Crippen LogP contribution in [0.1, 0.15) is 43.4 Å². The van der Waals surface area contributed by atoms with Gasteiger partial charge in [-0.15, -0.1) is 11.7 Å². The molecular formula is C29H38N6O3. The number of methoxy groups -OCH3 is 1. The van der Waals surface area contributed by atoms with Crippen molar-refractivity contribution in [3.05, 3.63) is 72.3 Å². The van der Waals surface area contributed by atoms with E-state index in [4.69, 9.17) is 9.47 Å². The number of benzene rings is 2. The third-order valence-electron chi connectivity index (χ3n) is 6.89. The highest BCUT2D eigenvalue weighted by Gasteiger charge is 2.26. The molecule has 4 rings (SSSR count). The van der Waals surface area contributed by atoms with Gasteiger partial charge in [-0.2, -0.15) is 0 Å². The molecule has 1 saturated heterocycles. The molecule has 0 saturated carbocycles. The van der Waals surface area contributed by atoms with Gasteiger partial charge in [-0.05, 0) is 53.5 Å². The third-order valence-corrected chi connectivity index (χ3v) is 6.89. The molecule has 9 nitrogen and oxygen atoms in total. The van der Waals surface area contributed by atoms with Gasteiger partial charge in [-0.3, -0.25) is 14.6 Å². The van der Waals surface area contributed by atoms with E-state index in [2.05, 4.69) is 74.4 Å². The Hall–Kier alpha value is -3.56. The van der Waals surface area contributed by atoms with Gasteiger partial charge in [0.25, 0.3) is 0 Å². The van der Waals surface area contributed by atoms with Crippen LogP contribution in [0.2, 0.25) is 0 Å². The fourth-order valence-electron chi connectivity index (χ4n) is 4.95. The fourth-order valence-corrected chi connectivity index (χ4v) is 4.95. The van der Waals surface area contributed by atoms with Crippen LogP contribution in [0.4, 0.5) is 0 Å². The number of esters is 1. The van der Waals surface area contributed by atoms with Gasteiger partial charge in [0, 0.05) is 51.3 Å². The molecule has 0 radical (unpaired) electrons. The highest BCUT2D eigenvalue weighted by Crippen LogP contribution is 2.32. The molecule has 0 N–H and O–H groups in total. The van der Waals surface area contributed by atoms with Crippen molar-refractivity contribution >= 4 is 5.97 Å². The van der Waals surface area contributed by atoms with Gasteiger partial charge in [-0.25, -0.2) is 4.68 Å². The molecule has 1 fully saturated rings. The largest absolute Gasteiger partial charge is 0.497 e. The number of hydrogen-bond donors (Lipinski definition) is 0. The minimum absolute atomic E-state index is 0.115. The summed E-state index contributed by atoms with van der Waals surface area (Å²) in [6.07, 6.45) is 3.92. The van der Waals surface area contributed by atoms with Crippen LogP contribution in [0.25, 0.3) is 11.4 Å². The molecule has 1 aromatic heterocycles. The van der Waals surface area contributed by atoms with E-state index in [1.165, 1.54) is 11.1 Å². The van der Waals surface area contributed by atoms with Crippen molar-refractivity contribution in [2.45, 2.75) is 38.8 Å². The molecule has 9 heteroatoms. The lowest BCUT2D eigenvalue weighted by atomic mass is 9.95. The van der Waals surface area contributed by atoms with E-state index in [0.29, 0.717) is 19.6 Å². The molecule has 0 amide bonds. The number of hydrogen-bond acceptors (Lipinski definition) is 8. The van der Waals surface area contributed by atoms with Gasteiger partial charge in [0.15, 0.2) is 5.82 Å². The predicted molar refractivity (Wildman–Crippen MR) is 147 cm³/mol. The van der Waals surface area contributed by atoms with Crippen LogP contribution in [0, 0.1) is 0 Å². The van der Waals surface area contributed by atoms with Crippen molar-refractivity contribution in [3.63, 3.8) is 0 Å². The lowest BCUT2D eigenvalue weighted by molar-refractivity contribution is -0.143. The summed E-state index contributed by atoms with van der Waals surface area (Å²) in [5.41, 5.74) is 3.39. The zero-order valence-corrected chi connectivity index (χ0v) is 22.5. The number of aromatic nitrogens is 4. The van der Waals surface area contributed by atoms with Crippen molar-refractivity contribution in [3.8, 4) is 17.1 Å². The lowest BCUT2D eigenvalue weighted by Crippen LogP contribution is -2.47. The molecule has 1 aliphatic rings. The van der Waals surface area contributed by atoms with Crippen LogP contribution in [0.5, 0.6) is 5.75 Å². The summed E-state index contributed by atoms with van der Waals surface area (Å²) in [5.74, 6) is 1.42. The maximum atomic E-state index is 11.6. The molecule has 38 heavy (non-hydrogen) atoms. The van der Waals surface area contributed by atoms with Crippen molar-refractivity contribution in [2.24, 2.45) is 0 Å². The highest BCUT2D eigenvalue weighted by atomic mass is 16.5. The van der Waals surface area contributed by atoms with E-state index in [9.17, 15) is 4.79 Å². The normalized spacial score (nSPS) is 15.2. The predicted octanol–water partition coefficient (Wildman–Crippen LogP) is 3.98. The molecule has 0 unspecified atom stereocenters. The Morgan fingerprint density at radius 1 is 1.08 bits per heavy atom. The summed E-state index contributed by atoms with van der Waals surface area (Å²) in [6, 6.07) is 17.0. The summed E-state index contributed by atoms with van der Waals surface area (Å²) in [4.78, 5) is 16.6. The number of rotatable bonds is 13. The Labute approximate surface area is 225 Å². The number of carbonyl (C=O) groups is 1. The zero-order valence-electron chi connectivity index (χ0n) is 22.5. The van der Waals surface area contributed by atoms with Crippen LogP contribution in [0.3, 0.4) is 0 Å². The van der Waals surface area contributed by atoms with Gasteiger partial charge in [0.1, 0.15) is 5.75 Å². The van der Waals surface area contributed by atoms with E-state index >= 15 is 0 Å². The van der Waals surface area contributed by atoms with Crippen molar-refractivity contribution in [2.75, 3.05) is 46.4 Å². The van der Waals surface area contributed by atoms with Crippen LogP contribution in [0.15, 0.2) is 61.2 Å². The van der Waals surface area contributed by atoms with Crippen LogP contribution in [-0.2, 0) is 16.1 Å². The van der Waals surface area contributed by atoms with Gasteiger partial charge < -0.3 is 9.47 Å². The minimum atomic E-state index is -0.160. The number of carbonyl (C=O) groups excluding carboxylic acids is 1. The Balaban J connectivity index is 1.50. The number of nitrogens with zero attached hydrogens (tertiary/aromatic N) is 6. The molecule has 0 aliphatic carbocycles. The molecule has 2 aromatic carbocycles. The molecule has 1 atom stereocenters. The van der Waals surface area contributed by atoms with Gasteiger partial charge >= 0.3 is 5.97 Å². The Morgan fingerprint density at radius 3 is 2.58 bits per heavy atom. The zero-order chi connectivity index (χ0) is 26.7. The molecule has 0 bridgehead atoms. The molecule has 202 valence electrons. The topological polar surface area (TPSA) is 85.6 Å². The van der Waals surface area contributed by atoms with Crippen LogP contribution in [-0.4, -0.2) is 82.4 Å². The standard InChI is InChI=1S/C29H38N6O3/c1-4-16-33-18-20-34(21-19-33)28(25-9-8-10-26(22-25)37-3)23-12-14-24(15-13-23)29-30-31-32-35(29)17-7-6-11-27(36)38-5-2/h4,8-10,12-15,22,28H,1,5-7,11,16-21H2,2-3H3/t28-/m1/s1. The van der Waals surface area contributed by atoms with Crippen molar-refractivity contribution < 1.29 is 14.3 Å². The SMILES string of the molecule is C=CCN1CCN([C@H](c2ccc(-c3nnnn3CCCCC(=O)OCC)cc2)c2cccc(OC)c2)CC1. The molecule has 0 spiro atoms. The second-order valence-electron chi connectivity index (χ2n) is 9.41.